The van der Waals surface area contributed by atoms with E-state index in [1.807, 2.05) is 6.92 Å². The molecule has 1 rings (SSSR count). The quantitative estimate of drug-likeness (QED) is 0.794. The maximum atomic E-state index is 12.0. The van der Waals surface area contributed by atoms with E-state index in [0.717, 1.165) is 0 Å². The minimum absolute atomic E-state index is 0.139. The van der Waals surface area contributed by atoms with Gasteiger partial charge in [0.1, 0.15) is 6.54 Å². The van der Waals surface area contributed by atoms with Crippen molar-refractivity contribution in [2.24, 2.45) is 0 Å². The van der Waals surface area contributed by atoms with Crippen molar-refractivity contribution in [3.05, 3.63) is 24.2 Å². The van der Waals surface area contributed by atoms with Gasteiger partial charge >= 0.3 is 5.97 Å². The number of furan rings is 1. The van der Waals surface area contributed by atoms with E-state index in [9.17, 15) is 14.4 Å². The van der Waals surface area contributed by atoms with Crippen LogP contribution in [0, 0.1) is 0 Å². The fourth-order valence-corrected chi connectivity index (χ4v) is 1.69. The minimum Gasteiger partial charge on any atom is -0.480 e. The highest BCUT2D eigenvalue weighted by Gasteiger charge is 2.21. The van der Waals surface area contributed by atoms with Gasteiger partial charge in [-0.25, -0.2) is 0 Å². The van der Waals surface area contributed by atoms with Crippen molar-refractivity contribution in [1.82, 2.24) is 9.80 Å². The van der Waals surface area contributed by atoms with Crippen LogP contribution in [-0.2, 0) is 9.59 Å². The number of carboxylic acid groups (broad SMARTS) is 1. The normalized spacial score (nSPS) is 10.1. The number of carboxylic acids is 1. The topological polar surface area (TPSA) is 91.1 Å². The average molecular weight is 282 g/mol. The molecule has 0 radical (unpaired) electrons. The summed E-state index contributed by atoms with van der Waals surface area (Å²) in [6.45, 7) is 1.63. The molecule has 0 fully saturated rings. The second kappa shape index (κ2) is 7.32. The zero-order valence-corrected chi connectivity index (χ0v) is 11.5. The summed E-state index contributed by atoms with van der Waals surface area (Å²) in [6, 6.07) is 3.08. The van der Waals surface area contributed by atoms with Crippen LogP contribution in [-0.4, -0.2) is 59.4 Å². The third-order valence-electron chi connectivity index (χ3n) is 2.62. The number of likely N-dealkylation sites (N-methyl/N-ethyl adjacent to an activating group) is 1. The van der Waals surface area contributed by atoms with E-state index in [0.29, 0.717) is 13.0 Å². The molecule has 1 heterocycles. The summed E-state index contributed by atoms with van der Waals surface area (Å²) in [7, 11) is 1.47. The van der Waals surface area contributed by atoms with Gasteiger partial charge in [-0.05, 0) is 18.6 Å². The number of carbonyl (C=O) groups excluding carboxylic acids is 2. The molecule has 0 aliphatic rings. The molecule has 0 saturated heterocycles. The monoisotopic (exact) mass is 282 g/mol. The van der Waals surface area contributed by atoms with Gasteiger partial charge < -0.3 is 19.3 Å². The molecule has 7 nitrogen and oxygen atoms in total. The SMILES string of the molecule is CCCN(CC(=O)O)C(=O)CN(C)C(=O)c1ccco1. The number of rotatable bonds is 7. The van der Waals surface area contributed by atoms with E-state index >= 15 is 0 Å². The van der Waals surface area contributed by atoms with Crippen LogP contribution in [0.3, 0.4) is 0 Å². The molecule has 1 aromatic heterocycles. The molecule has 0 aromatic carbocycles. The third-order valence-corrected chi connectivity index (χ3v) is 2.62. The Morgan fingerprint density at radius 2 is 2.00 bits per heavy atom. The number of amides is 2. The van der Waals surface area contributed by atoms with Gasteiger partial charge in [0.25, 0.3) is 5.91 Å². The fraction of sp³-hybridized carbons (Fsp3) is 0.462. The van der Waals surface area contributed by atoms with Gasteiger partial charge in [-0.15, -0.1) is 0 Å². The maximum Gasteiger partial charge on any atom is 0.323 e. The Hall–Kier alpha value is -2.31. The van der Waals surface area contributed by atoms with Gasteiger partial charge in [0.2, 0.25) is 5.91 Å². The van der Waals surface area contributed by atoms with Crippen molar-refractivity contribution in [2.75, 3.05) is 26.7 Å². The average Bonchev–Trinajstić information content (AvgIpc) is 2.90. The molecule has 110 valence electrons. The molecule has 0 spiro atoms. The number of hydrogen-bond acceptors (Lipinski definition) is 4. The van der Waals surface area contributed by atoms with Crippen LogP contribution in [0.15, 0.2) is 22.8 Å². The van der Waals surface area contributed by atoms with Gasteiger partial charge in [-0.3, -0.25) is 14.4 Å². The fourth-order valence-electron chi connectivity index (χ4n) is 1.69. The first-order chi connectivity index (χ1) is 9.45. The highest BCUT2D eigenvalue weighted by molar-refractivity contribution is 5.94. The van der Waals surface area contributed by atoms with Gasteiger partial charge in [0.05, 0.1) is 12.8 Å². The molecule has 7 heteroatoms. The first kappa shape index (κ1) is 15.7. The first-order valence-electron chi connectivity index (χ1n) is 6.24. The largest absolute Gasteiger partial charge is 0.480 e. The summed E-state index contributed by atoms with van der Waals surface area (Å²) in [4.78, 5) is 37.0. The molecule has 0 aliphatic heterocycles. The second-order valence-corrected chi connectivity index (χ2v) is 4.35. The molecule has 0 aliphatic carbocycles. The van der Waals surface area contributed by atoms with Crippen molar-refractivity contribution in [3.8, 4) is 0 Å². The zero-order valence-electron chi connectivity index (χ0n) is 11.5. The van der Waals surface area contributed by atoms with Gasteiger partial charge in [0.15, 0.2) is 5.76 Å². The summed E-state index contributed by atoms with van der Waals surface area (Å²) in [5.41, 5.74) is 0. The van der Waals surface area contributed by atoms with Crippen LogP contribution in [0.2, 0.25) is 0 Å². The summed E-state index contributed by atoms with van der Waals surface area (Å²) in [5.74, 6) is -1.76. The Morgan fingerprint density at radius 3 is 2.50 bits per heavy atom. The molecule has 1 N–H and O–H groups in total. The molecule has 0 unspecified atom stereocenters. The Morgan fingerprint density at radius 1 is 1.30 bits per heavy atom. The van der Waals surface area contributed by atoms with Crippen molar-refractivity contribution in [2.45, 2.75) is 13.3 Å². The molecule has 2 amide bonds. The predicted octanol–water partition coefficient (Wildman–Crippen LogP) is 0.675. The summed E-state index contributed by atoms with van der Waals surface area (Å²) in [6.07, 6.45) is 2.02. The van der Waals surface area contributed by atoms with Gasteiger partial charge in [0, 0.05) is 13.6 Å². The first-order valence-corrected chi connectivity index (χ1v) is 6.24. The second-order valence-electron chi connectivity index (χ2n) is 4.35. The number of aliphatic carboxylic acids is 1. The maximum absolute atomic E-state index is 12.0. The number of nitrogens with zero attached hydrogens (tertiary/aromatic N) is 2. The zero-order chi connectivity index (χ0) is 15.1. The highest BCUT2D eigenvalue weighted by Crippen LogP contribution is 2.05. The van der Waals surface area contributed by atoms with E-state index in [-0.39, 0.29) is 18.8 Å². The Bertz CT molecular complexity index is 469. The summed E-state index contributed by atoms with van der Waals surface area (Å²) >= 11 is 0. The van der Waals surface area contributed by atoms with Crippen molar-refractivity contribution >= 4 is 17.8 Å². The third kappa shape index (κ3) is 4.42. The van der Waals surface area contributed by atoms with E-state index < -0.39 is 17.8 Å². The van der Waals surface area contributed by atoms with Crippen LogP contribution in [0.4, 0.5) is 0 Å². The summed E-state index contributed by atoms with van der Waals surface area (Å²) < 4.78 is 4.96. The lowest BCUT2D eigenvalue weighted by atomic mass is 10.3. The smallest absolute Gasteiger partial charge is 0.323 e. The Kier molecular flexibility index (Phi) is 5.76. The van der Waals surface area contributed by atoms with Crippen molar-refractivity contribution in [1.29, 1.82) is 0 Å². The molecular weight excluding hydrogens is 264 g/mol. The highest BCUT2D eigenvalue weighted by atomic mass is 16.4. The van der Waals surface area contributed by atoms with Crippen molar-refractivity contribution < 1.29 is 23.9 Å². The van der Waals surface area contributed by atoms with Crippen LogP contribution in [0.5, 0.6) is 0 Å². The number of carbonyl (C=O) groups is 3. The van der Waals surface area contributed by atoms with E-state index in [1.54, 1.807) is 6.07 Å². The van der Waals surface area contributed by atoms with E-state index in [4.69, 9.17) is 9.52 Å². The molecule has 0 bridgehead atoms. The predicted molar refractivity (Wildman–Crippen MR) is 70.2 cm³/mol. The summed E-state index contributed by atoms with van der Waals surface area (Å²) in [5, 5.41) is 8.76. The Labute approximate surface area is 116 Å². The molecule has 0 saturated carbocycles. The standard InChI is InChI=1S/C13H18N2O5/c1-3-6-15(9-12(17)18)11(16)8-14(2)13(19)10-5-4-7-20-10/h4-5,7H,3,6,8-9H2,1-2H3,(H,17,18). The molecule has 0 atom stereocenters. The van der Waals surface area contributed by atoms with E-state index in [1.165, 1.54) is 29.2 Å². The lowest BCUT2D eigenvalue weighted by Crippen LogP contribution is -2.43. The lowest BCUT2D eigenvalue weighted by Gasteiger charge is -2.23. The Balaban J connectivity index is 2.62. The van der Waals surface area contributed by atoms with Crippen LogP contribution >= 0.6 is 0 Å². The van der Waals surface area contributed by atoms with Gasteiger partial charge in [-0.2, -0.15) is 0 Å². The van der Waals surface area contributed by atoms with Crippen LogP contribution < -0.4 is 0 Å². The minimum atomic E-state index is -1.08. The van der Waals surface area contributed by atoms with Crippen LogP contribution in [0.25, 0.3) is 0 Å². The van der Waals surface area contributed by atoms with E-state index in [2.05, 4.69) is 0 Å². The van der Waals surface area contributed by atoms with Crippen LogP contribution in [0.1, 0.15) is 23.9 Å². The van der Waals surface area contributed by atoms with Crippen molar-refractivity contribution in [3.63, 3.8) is 0 Å². The lowest BCUT2D eigenvalue weighted by molar-refractivity contribution is -0.144. The molecule has 20 heavy (non-hydrogen) atoms. The van der Waals surface area contributed by atoms with Gasteiger partial charge in [-0.1, -0.05) is 6.92 Å². The number of hydrogen-bond donors (Lipinski definition) is 1. The molecular formula is C13H18N2O5. The molecule has 1 aromatic rings.